The third-order valence-corrected chi connectivity index (χ3v) is 4.41. The van der Waals surface area contributed by atoms with Crippen LogP contribution >= 0.6 is 11.8 Å². The number of thioether (sulfide) groups is 1. The van der Waals surface area contributed by atoms with Gasteiger partial charge >= 0.3 is 0 Å². The Morgan fingerprint density at radius 2 is 2.00 bits per heavy atom. The third-order valence-electron chi connectivity index (χ3n) is 3.59. The van der Waals surface area contributed by atoms with E-state index in [1.807, 2.05) is 6.92 Å². The van der Waals surface area contributed by atoms with Crippen LogP contribution in [-0.4, -0.2) is 21.2 Å². The minimum Gasteiger partial charge on any atom is -0.299 e. The van der Waals surface area contributed by atoms with Gasteiger partial charge in [-0.2, -0.15) is 4.58 Å². The van der Waals surface area contributed by atoms with Gasteiger partial charge in [0.1, 0.15) is 0 Å². The predicted molar refractivity (Wildman–Crippen MR) is 75.9 cm³/mol. The Labute approximate surface area is 107 Å². The van der Waals surface area contributed by atoms with Crippen LogP contribution in [0.5, 0.6) is 0 Å². The van der Waals surface area contributed by atoms with Gasteiger partial charge in [-0.25, -0.2) is 0 Å². The van der Waals surface area contributed by atoms with E-state index in [4.69, 9.17) is 5.41 Å². The van der Waals surface area contributed by atoms with E-state index in [2.05, 4.69) is 49.6 Å². The molecule has 0 bridgehead atoms. The molecule has 90 valence electrons. The average molecular weight is 247 g/mol. The highest BCUT2D eigenvalue weighted by Crippen LogP contribution is 2.39. The fourth-order valence-electron chi connectivity index (χ4n) is 2.28. The smallest absolute Gasteiger partial charge is 0.210 e. The van der Waals surface area contributed by atoms with E-state index in [1.165, 1.54) is 17.0 Å². The molecule has 1 heterocycles. The maximum atomic E-state index is 7.53. The maximum Gasteiger partial charge on any atom is 0.210 e. The molecule has 3 heteroatoms. The van der Waals surface area contributed by atoms with E-state index in [1.54, 1.807) is 11.8 Å². The van der Waals surface area contributed by atoms with Gasteiger partial charge in [-0.05, 0) is 32.5 Å². The van der Waals surface area contributed by atoms with Crippen molar-refractivity contribution >= 4 is 28.2 Å². The molecule has 17 heavy (non-hydrogen) atoms. The van der Waals surface area contributed by atoms with Crippen LogP contribution in [0.3, 0.4) is 0 Å². The molecular weight excluding hydrogens is 228 g/mol. The maximum absolute atomic E-state index is 7.53. The van der Waals surface area contributed by atoms with Gasteiger partial charge in [-0.3, -0.25) is 5.41 Å². The average Bonchev–Trinajstić information content (AvgIpc) is 2.47. The molecular formula is C14H19N2S+. The minimum absolute atomic E-state index is 0.104. The highest BCUT2D eigenvalue weighted by Gasteiger charge is 2.42. The van der Waals surface area contributed by atoms with Crippen molar-refractivity contribution in [3.8, 4) is 0 Å². The molecule has 0 spiro atoms. The van der Waals surface area contributed by atoms with Gasteiger partial charge in [-0.1, -0.05) is 18.2 Å². The molecule has 1 aliphatic rings. The Kier molecular flexibility index (Phi) is 3.13. The summed E-state index contributed by atoms with van der Waals surface area (Å²) < 4.78 is 2.33. The summed E-state index contributed by atoms with van der Waals surface area (Å²) in [5.74, 6) is 0.835. The summed E-state index contributed by atoms with van der Waals surface area (Å²) >= 11 is 1.59. The summed E-state index contributed by atoms with van der Waals surface area (Å²) in [5, 5.41) is 8.20. The number of hydrogen-bond donors (Lipinski definition) is 1. The summed E-state index contributed by atoms with van der Waals surface area (Å²) in [5.41, 5.74) is 4.16. The van der Waals surface area contributed by atoms with Crippen molar-refractivity contribution < 1.29 is 4.58 Å². The van der Waals surface area contributed by atoms with Gasteiger partial charge in [0.15, 0.2) is 5.71 Å². The molecule has 2 rings (SSSR count). The minimum atomic E-state index is 0.104. The lowest BCUT2D eigenvalue weighted by Gasteiger charge is -2.14. The largest absolute Gasteiger partial charge is 0.299 e. The molecule has 0 saturated carbocycles. The monoisotopic (exact) mass is 247 g/mol. The van der Waals surface area contributed by atoms with Crippen LogP contribution in [-0.2, 0) is 5.41 Å². The first-order valence-electron chi connectivity index (χ1n) is 5.83. The second-order valence-corrected chi connectivity index (χ2v) is 6.14. The van der Waals surface area contributed by atoms with Crippen LogP contribution in [0.1, 0.15) is 33.3 Å². The third kappa shape index (κ3) is 2.04. The van der Waals surface area contributed by atoms with Gasteiger partial charge in [0, 0.05) is 18.6 Å². The first-order valence-corrected chi connectivity index (χ1v) is 6.82. The van der Waals surface area contributed by atoms with Gasteiger partial charge < -0.3 is 0 Å². The van der Waals surface area contributed by atoms with Crippen molar-refractivity contribution in [2.24, 2.45) is 0 Å². The molecule has 1 N–H and O–H groups in total. The summed E-state index contributed by atoms with van der Waals surface area (Å²) in [6.45, 7) is 8.57. The highest BCUT2D eigenvalue weighted by atomic mass is 32.2. The molecule has 0 aromatic heterocycles. The van der Waals surface area contributed by atoms with Crippen LogP contribution in [0.15, 0.2) is 24.3 Å². The molecule has 0 aliphatic carbocycles. The van der Waals surface area contributed by atoms with E-state index < -0.39 is 0 Å². The van der Waals surface area contributed by atoms with E-state index in [0.29, 0.717) is 5.04 Å². The van der Waals surface area contributed by atoms with Crippen LogP contribution in [0, 0.1) is 5.41 Å². The lowest BCUT2D eigenvalue weighted by atomic mass is 9.82. The van der Waals surface area contributed by atoms with Crippen LogP contribution in [0.4, 0.5) is 5.69 Å². The molecule has 2 nitrogen and oxygen atoms in total. The lowest BCUT2D eigenvalue weighted by molar-refractivity contribution is -0.414. The fraction of sp³-hybridized carbons (Fsp3) is 0.429. The quantitative estimate of drug-likeness (QED) is 0.481. The Morgan fingerprint density at radius 3 is 2.65 bits per heavy atom. The van der Waals surface area contributed by atoms with Crippen molar-refractivity contribution in [2.45, 2.75) is 33.1 Å². The first kappa shape index (κ1) is 12.4. The molecule has 0 saturated heterocycles. The molecule has 0 atom stereocenters. The Hall–Kier alpha value is -1.09. The molecule has 0 radical (unpaired) electrons. The van der Waals surface area contributed by atoms with Crippen molar-refractivity contribution in [3.63, 3.8) is 0 Å². The molecule has 0 unspecified atom stereocenters. The summed E-state index contributed by atoms with van der Waals surface area (Å²) in [4.78, 5) is 0. The predicted octanol–water partition coefficient (Wildman–Crippen LogP) is 3.77. The zero-order chi connectivity index (χ0) is 12.6. The zero-order valence-electron chi connectivity index (χ0n) is 10.9. The normalized spacial score (nSPS) is 17.2. The number of fused-ring (bicyclic) bond motifs is 1. The van der Waals surface area contributed by atoms with E-state index in [0.717, 1.165) is 5.88 Å². The van der Waals surface area contributed by atoms with Gasteiger partial charge in [0.05, 0.1) is 10.5 Å². The van der Waals surface area contributed by atoms with E-state index >= 15 is 0 Å². The van der Waals surface area contributed by atoms with E-state index in [-0.39, 0.29) is 5.41 Å². The number of nitrogens with one attached hydrogen (secondary N) is 1. The lowest BCUT2D eigenvalue weighted by Crippen LogP contribution is -2.26. The second-order valence-electron chi connectivity index (χ2n) is 4.99. The number of nitrogens with zero attached hydrogens (tertiary/aromatic N) is 1. The highest BCUT2D eigenvalue weighted by molar-refractivity contribution is 8.13. The van der Waals surface area contributed by atoms with Gasteiger partial charge in [-0.15, -0.1) is 0 Å². The molecule has 1 aromatic rings. The number of rotatable bonds is 2. The first-order chi connectivity index (χ1) is 7.94. The standard InChI is InChI=1S/C14H19N2S/c1-10-14(3,4)12-7-5-6-8-13(12)16(10)9-17-11(2)15/h5-8,15H,9H2,1-4H3/q+1. The molecule has 1 aliphatic heterocycles. The Morgan fingerprint density at radius 1 is 1.35 bits per heavy atom. The topological polar surface area (TPSA) is 26.9 Å². The van der Waals surface area contributed by atoms with Crippen LogP contribution in [0.2, 0.25) is 0 Å². The number of hydrogen-bond acceptors (Lipinski definition) is 2. The van der Waals surface area contributed by atoms with E-state index in [9.17, 15) is 0 Å². The Balaban J connectivity index is 2.43. The van der Waals surface area contributed by atoms with Gasteiger partial charge in [0.2, 0.25) is 11.6 Å². The summed E-state index contributed by atoms with van der Waals surface area (Å²) in [6, 6.07) is 8.57. The second kappa shape index (κ2) is 4.30. The van der Waals surface area contributed by atoms with Crippen molar-refractivity contribution in [1.82, 2.24) is 0 Å². The van der Waals surface area contributed by atoms with Gasteiger partial charge in [0.25, 0.3) is 0 Å². The number of para-hydroxylation sites is 1. The van der Waals surface area contributed by atoms with Crippen molar-refractivity contribution in [1.29, 1.82) is 5.41 Å². The molecule has 0 fully saturated rings. The summed E-state index contributed by atoms with van der Waals surface area (Å²) in [6.07, 6.45) is 0. The number of benzene rings is 1. The van der Waals surface area contributed by atoms with Crippen LogP contribution in [0.25, 0.3) is 0 Å². The molecule has 1 aromatic carbocycles. The molecule has 0 amide bonds. The van der Waals surface area contributed by atoms with Crippen molar-refractivity contribution in [3.05, 3.63) is 29.8 Å². The fourth-order valence-corrected chi connectivity index (χ4v) is 2.93. The zero-order valence-corrected chi connectivity index (χ0v) is 11.7. The van der Waals surface area contributed by atoms with Crippen LogP contribution < -0.4 is 0 Å². The van der Waals surface area contributed by atoms with Crippen molar-refractivity contribution in [2.75, 3.05) is 5.88 Å². The summed E-state index contributed by atoms with van der Waals surface area (Å²) in [7, 11) is 0. The Bertz CT molecular complexity index is 501. The SMILES string of the molecule is CC(=N)SC[N+]1=C(C)C(C)(C)c2ccccc21.